The number of alkyl carbamates (subject to hydrolysis) is 1. The first-order valence-electron chi connectivity index (χ1n) is 9.72. The molecule has 1 atom stereocenters. The van der Waals surface area contributed by atoms with Gasteiger partial charge in [-0.1, -0.05) is 77.8 Å². The predicted molar refractivity (Wildman–Crippen MR) is 120 cm³/mol. The number of nitrogens with one attached hydrogen (secondary N) is 1. The number of carbonyl (C=O) groups excluding carboxylic acids is 1. The Bertz CT molecular complexity index is 1100. The van der Waals surface area contributed by atoms with E-state index in [4.69, 9.17) is 27.9 Å². The van der Waals surface area contributed by atoms with E-state index in [2.05, 4.69) is 5.32 Å². The number of fused-ring (bicyclic) bond motifs is 3. The van der Waals surface area contributed by atoms with E-state index in [1.807, 2.05) is 48.5 Å². The van der Waals surface area contributed by atoms with Crippen molar-refractivity contribution in [1.29, 1.82) is 0 Å². The van der Waals surface area contributed by atoms with Crippen LogP contribution in [0.5, 0.6) is 0 Å². The molecule has 1 unspecified atom stereocenters. The number of rotatable bonds is 6. The number of benzene rings is 3. The first-order valence-corrected chi connectivity index (χ1v) is 10.5. The van der Waals surface area contributed by atoms with Gasteiger partial charge in [-0.25, -0.2) is 9.59 Å². The van der Waals surface area contributed by atoms with Crippen molar-refractivity contribution in [2.24, 2.45) is 0 Å². The van der Waals surface area contributed by atoms with Crippen LogP contribution in [0.2, 0.25) is 10.0 Å². The maximum absolute atomic E-state index is 12.4. The summed E-state index contributed by atoms with van der Waals surface area (Å²) >= 11 is 12.0. The third-order valence-electron chi connectivity index (χ3n) is 5.37. The Morgan fingerprint density at radius 1 is 0.968 bits per heavy atom. The summed E-state index contributed by atoms with van der Waals surface area (Å²) in [7, 11) is 0. The Hall–Kier alpha value is -3.02. The van der Waals surface area contributed by atoms with E-state index in [9.17, 15) is 14.7 Å². The van der Waals surface area contributed by atoms with Gasteiger partial charge in [-0.15, -0.1) is 0 Å². The Morgan fingerprint density at radius 3 is 2.16 bits per heavy atom. The Balaban J connectivity index is 1.44. The number of hydrogen-bond donors (Lipinski definition) is 2. The van der Waals surface area contributed by atoms with E-state index >= 15 is 0 Å². The highest BCUT2D eigenvalue weighted by molar-refractivity contribution is 6.35. The van der Waals surface area contributed by atoms with Crippen molar-refractivity contribution in [1.82, 2.24) is 5.32 Å². The lowest BCUT2D eigenvalue weighted by Crippen LogP contribution is -2.43. The Kier molecular flexibility index (Phi) is 6.16. The van der Waals surface area contributed by atoms with Gasteiger partial charge in [-0.2, -0.15) is 0 Å². The van der Waals surface area contributed by atoms with Crippen molar-refractivity contribution in [3.8, 4) is 11.1 Å². The molecule has 158 valence electrons. The van der Waals surface area contributed by atoms with Crippen LogP contribution in [-0.4, -0.2) is 29.8 Å². The summed E-state index contributed by atoms with van der Waals surface area (Å²) < 4.78 is 5.44. The maximum Gasteiger partial charge on any atom is 0.407 e. The number of hydrogen-bond acceptors (Lipinski definition) is 3. The summed E-state index contributed by atoms with van der Waals surface area (Å²) in [5, 5.41) is 12.7. The summed E-state index contributed by atoms with van der Waals surface area (Å²) in [6.45, 7) is 0.105. The van der Waals surface area contributed by atoms with Crippen molar-refractivity contribution in [2.45, 2.75) is 18.4 Å². The molecule has 0 saturated heterocycles. The van der Waals surface area contributed by atoms with Gasteiger partial charge >= 0.3 is 12.1 Å². The second-order valence-electron chi connectivity index (χ2n) is 7.30. The molecule has 4 rings (SSSR count). The van der Waals surface area contributed by atoms with Crippen molar-refractivity contribution in [3.05, 3.63) is 93.5 Å². The van der Waals surface area contributed by atoms with Crippen LogP contribution in [-0.2, 0) is 16.0 Å². The molecule has 5 nitrogen and oxygen atoms in total. The monoisotopic (exact) mass is 455 g/mol. The molecule has 0 spiro atoms. The van der Waals surface area contributed by atoms with E-state index in [0.717, 1.165) is 22.3 Å². The van der Waals surface area contributed by atoms with Crippen molar-refractivity contribution >= 4 is 35.3 Å². The van der Waals surface area contributed by atoms with Crippen molar-refractivity contribution < 1.29 is 19.4 Å². The molecule has 1 amide bonds. The molecule has 7 heteroatoms. The summed E-state index contributed by atoms with van der Waals surface area (Å²) in [6.07, 6.45) is -0.783. The topological polar surface area (TPSA) is 75.6 Å². The number of aliphatic carboxylic acids is 1. The van der Waals surface area contributed by atoms with Gasteiger partial charge in [0.15, 0.2) is 0 Å². The fraction of sp³-hybridized carbons (Fsp3) is 0.167. The largest absolute Gasteiger partial charge is 0.480 e. The molecular formula is C24H19Cl2NO4. The lowest BCUT2D eigenvalue weighted by Gasteiger charge is -2.18. The molecule has 2 N–H and O–H groups in total. The van der Waals surface area contributed by atoms with E-state index in [0.29, 0.717) is 15.6 Å². The zero-order valence-corrected chi connectivity index (χ0v) is 17.9. The molecule has 31 heavy (non-hydrogen) atoms. The summed E-state index contributed by atoms with van der Waals surface area (Å²) in [5.41, 5.74) is 4.97. The Morgan fingerprint density at radius 2 is 1.58 bits per heavy atom. The minimum atomic E-state index is -1.19. The van der Waals surface area contributed by atoms with Gasteiger partial charge in [0.2, 0.25) is 0 Å². The number of halogens is 2. The number of carboxylic acids is 1. The Labute approximate surface area is 189 Å². The van der Waals surface area contributed by atoms with Crippen LogP contribution in [0.1, 0.15) is 22.6 Å². The van der Waals surface area contributed by atoms with Gasteiger partial charge in [-0.3, -0.25) is 0 Å². The summed E-state index contributed by atoms with van der Waals surface area (Å²) in [5.74, 6) is -1.29. The molecule has 0 radical (unpaired) electrons. The molecule has 0 aromatic heterocycles. The average molecular weight is 456 g/mol. The first-order chi connectivity index (χ1) is 14.9. The fourth-order valence-corrected chi connectivity index (χ4v) is 4.38. The maximum atomic E-state index is 12.4. The zero-order valence-electron chi connectivity index (χ0n) is 16.3. The van der Waals surface area contributed by atoms with Gasteiger partial charge in [-0.05, 0) is 39.9 Å². The number of amides is 1. The predicted octanol–water partition coefficient (Wildman–Crippen LogP) is 5.53. The number of ether oxygens (including phenoxy) is 1. The number of carbonyl (C=O) groups is 2. The van der Waals surface area contributed by atoms with Crippen LogP contribution in [0.25, 0.3) is 11.1 Å². The normalized spacial score (nSPS) is 13.2. The SMILES string of the molecule is O=C(NC(Cc1ccc(Cl)cc1Cl)C(=O)O)OCC1c2ccccc2-c2ccccc21. The van der Waals surface area contributed by atoms with Crippen LogP contribution in [0.4, 0.5) is 4.79 Å². The van der Waals surface area contributed by atoms with Crippen LogP contribution in [0.3, 0.4) is 0 Å². The van der Waals surface area contributed by atoms with E-state index in [1.54, 1.807) is 12.1 Å². The molecule has 0 bridgehead atoms. The molecule has 0 aliphatic heterocycles. The van der Waals surface area contributed by atoms with Crippen LogP contribution >= 0.6 is 23.2 Å². The van der Waals surface area contributed by atoms with Gasteiger partial charge in [0.1, 0.15) is 12.6 Å². The second kappa shape index (κ2) is 9.00. The lowest BCUT2D eigenvalue weighted by atomic mass is 9.98. The smallest absolute Gasteiger partial charge is 0.407 e. The van der Waals surface area contributed by atoms with Crippen molar-refractivity contribution in [2.75, 3.05) is 6.61 Å². The summed E-state index contributed by atoms with van der Waals surface area (Å²) in [6, 6.07) is 19.6. The lowest BCUT2D eigenvalue weighted by molar-refractivity contribution is -0.139. The minimum Gasteiger partial charge on any atom is -0.480 e. The molecule has 3 aromatic rings. The standard InChI is InChI=1S/C24H19Cl2NO4/c25-15-10-9-14(21(26)12-15)11-22(23(28)29)27-24(30)31-13-20-18-7-3-1-5-16(18)17-6-2-4-8-19(17)20/h1-10,12,20,22H,11,13H2,(H,27,30)(H,28,29). The molecule has 1 aliphatic rings. The minimum absolute atomic E-state index is 0.00946. The zero-order chi connectivity index (χ0) is 22.0. The second-order valence-corrected chi connectivity index (χ2v) is 8.14. The van der Waals surface area contributed by atoms with E-state index < -0.39 is 18.1 Å². The third-order valence-corrected chi connectivity index (χ3v) is 5.96. The molecule has 0 fully saturated rings. The molecule has 0 heterocycles. The van der Waals surface area contributed by atoms with Crippen LogP contribution in [0.15, 0.2) is 66.7 Å². The quantitative estimate of drug-likeness (QED) is 0.512. The molecular weight excluding hydrogens is 437 g/mol. The van der Waals surface area contributed by atoms with Crippen molar-refractivity contribution in [3.63, 3.8) is 0 Å². The molecule has 1 aliphatic carbocycles. The highest BCUT2D eigenvalue weighted by atomic mass is 35.5. The van der Waals surface area contributed by atoms with Gasteiger partial charge in [0.25, 0.3) is 0 Å². The number of carboxylic acid groups (broad SMARTS) is 1. The van der Waals surface area contributed by atoms with Gasteiger partial charge < -0.3 is 15.2 Å². The third kappa shape index (κ3) is 4.53. The van der Waals surface area contributed by atoms with Gasteiger partial charge in [0, 0.05) is 22.4 Å². The highest BCUT2D eigenvalue weighted by Crippen LogP contribution is 2.44. The molecule has 3 aromatic carbocycles. The summed E-state index contributed by atoms with van der Waals surface area (Å²) in [4.78, 5) is 24.1. The first kappa shape index (κ1) is 21.2. The average Bonchev–Trinajstić information content (AvgIpc) is 3.07. The highest BCUT2D eigenvalue weighted by Gasteiger charge is 2.30. The fourth-order valence-electron chi connectivity index (χ4n) is 3.89. The molecule has 0 saturated carbocycles. The van der Waals surface area contributed by atoms with Crippen LogP contribution in [0, 0.1) is 0 Å². The van der Waals surface area contributed by atoms with Gasteiger partial charge in [0.05, 0.1) is 0 Å². The van der Waals surface area contributed by atoms with E-state index in [-0.39, 0.29) is 18.9 Å². The van der Waals surface area contributed by atoms with Crippen LogP contribution < -0.4 is 5.32 Å². The van der Waals surface area contributed by atoms with E-state index in [1.165, 1.54) is 6.07 Å².